The summed E-state index contributed by atoms with van der Waals surface area (Å²) in [6.07, 6.45) is 4.98. The maximum Gasteiger partial charge on any atom is 0.141 e. The smallest absolute Gasteiger partial charge is 0.141 e. The van der Waals surface area contributed by atoms with Gasteiger partial charge >= 0.3 is 0 Å². The van der Waals surface area contributed by atoms with Crippen molar-refractivity contribution in [3.8, 4) is 0 Å². The monoisotopic (exact) mass is 272 g/mol. The molecule has 1 heterocycles. The number of rotatable bonds is 6. The zero-order valence-electron chi connectivity index (χ0n) is 12.1. The maximum atomic E-state index is 13.1. The van der Waals surface area contributed by atoms with Crippen LogP contribution in [0.25, 0.3) is 0 Å². The number of aromatic nitrogens is 1. The SMILES string of the molecule is CC(C)(CCc1ccccc1)NCc1cncc(F)c1. The number of hydrogen-bond acceptors (Lipinski definition) is 2. The molecular weight excluding hydrogens is 251 g/mol. The summed E-state index contributed by atoms with van der Waals surface area (Å²) in [7, 11) is 0. The minimum Gasteiger partial charge on any atom is -0.308 e. The number of nitrogens with one attached hydrogen (secondary N) is 1. The molecule has 0 aliphatic carbocycles. The number of hydrogen-bond donors (Lipinski definition) is 1. The van der Waals surface area contributed by atoms with Crippen molar-refractivity contribution in [1.82, 2.24) is 10.3 Å². The van der Waals surface area contributed by atoms with Gasteiger partial charge in [-0.2, -0.15) is 0 Å². The van der Waals surface area contributed by atoms with Crippen molar-refractivity contribution in [3.05, 3.63) is 65.7 Å². The van der Waals surface area contributed by atoms with Crippen LogP contribution in [0.3, 0.4) is 0 Å². The average molecular weight is 272 g/mol. The van der Waals surface area contributed by atoms with E-state index < -0.39 is 0 Å². The molecule has 0 atom stereocenters. The van der Waals surface area contributed by atoms with Crippen LogP contribution in [0, 0.1) is 5.82 Å². The third kappa shape index (κ3) is 4.74. The molecule has 106 valence electrons. The van der Waals surface area contributed by atoms with Crippen molar-refractivity contribution >= 4 is 0 Å². The summed E-state index contributed by atoms with van der Waals surface area (Å²) in [6, 6.07) is 12.0. The van der Waals surface area contributed by atoms with Crippen molar-refractivity contribution in [3.63, 3.8) is 0 Å². The molecule has 2 nitrogen and oxygen atoms in total. The molecule has 2 aromatic rings. The van der Waals surface area contributed by atoms with E-state index in [0.717, 1.165) is 18.4 Å². The van der Waals surface area contributed by atoms with Gasteiger partial charge in [-0.1, -0.05) is 30.3 Å². The fraction of sp³-hybridized carbons (Fsp3) is 0.353. The summed E-state index contributed by atoms with van der Waals surface area (Å²) < 4.78 is 13.1. The van der Waals surface area contributed by atoms with E-state index in [4.69, 9.17) is 0 Å². The van der Waals surface area contributed by atoms with Crippen LogP contribution in [0.4, 0.5) is 4.39 Å². The van der Waals surface area contributed by atoms with Gasteiger partial charge in [0.15, 0.2) is 0 Å². The van der Waals surface area contributed by atoms with Gasteiger partial charge in [0.05, 0.1) is 6.20 Å². The Labute approximate surface area is 120 Å². The van der Waals surface area contributed by atoms with Crippen LogP contribution in [-0.4, -0.2) is 10.5 Å². The van der Waals surface area contributed by atoms with Gasteiger partial charge in [0.1, 0.15) is 5.82 Å². The highest BCUT2D eigenvalue weighted by Gasteiger charge is 2.16. The minimum atomic E-state index is -0.286. The van der Waals surface area contributed by atoms with Gasteiger partial charge in [0.2, 0.25) is 0 Å². The molecule has 0 fully saturated rings. The van der Waals surface area contributed by atoms with E-state index in [9.17, 15) is 4.39 Å². The van der Waals surface area contributed by atoms with E-state index in [2.05, 4.69) is 48.4 Å². The van der Waals surface area contributed by atoms with E-state index in [1.165, 1.54) is 17.8 Å². The third-order valence-electron chi connectivity index (χ3n) is 3.41. The van der Waals surface area contributed by atoms with Crippen LogP contribution in [-0.2, 0) is 13.0 Å². The summed E-state index contributed by atoms with van der Waals surface area (Å²) in [4.78, 5) is 3.86. The molecule has 2 rings (SSSR count). The van der Waals surface area contributed by atoms with Gasteiger partial charge in [0.25, 0.3) is 0 Å². The summed E-state index contributed by atoms with van der Waals surface area (Å²) in [5.74, 6) is -0.286. The first kappa shape index (κ1) is 14.7. The minimum absolute atomic E-state index is 0.00214. The molecule has 0 amide bonds. The summed E-state index contributed by atoms with van der Waals surface area (Å²) in [6.45, 7) is 4.97. The molecule has 1 N–H and O–H groups in total. The Morgan fingerprint density at radius 3 is 2.55 bits per heavy atom. The lowest BCUT2D eigenvalue weighted by atomic mass is 9.95. The molecule has 0 saturated heterocycles. The second kappa shape index (κ2) is 6.62. The van der Waals surface area contributed by atoms with E-state index in [0.29, 0.717) is 6.54 Å². The Kier molecular flexibility index (Phi) is 4.85. The Bertz CT molecular complexity index is 538. The van der Waals surface area contributed by atoms with Crippen molar-refractivity contribution in [2.75, 3.05) is 0 Å². The van der Waals surface area contributed by atoms with Crippen LogP contribution in [0.15, 0.2) is 48.8 Å². The predicted molar refractivity (Wildman–Crippen MR) is 79.9 cm³/mol. The lowest BCUT2D eigenvalue weighted by Crippen LogP contribution is -2.39. The standard InChI is InChI=1S/C17H21FN2/c1-17(2,9-8-14-6-4-3-5-7-14)20-12-15-10-16(18)13-19-11-15/h3-7,10-11,13,20H,8-9,12H2,1-2H3. The summed E-state index contributed by atoms with van der Waals surface area (Å²) in [5.41, 5.74) is 2.22. The molecule has 0 spiro atoms. The molecule has 0 aliphatic rings. The third-order valence-corrected chi connectivity index (χ3v) is 3.41. The number of nitrogens with zero attached hydrogens (tertiary/aromatic N) is 1. The van der Waals surface area contributed by atoms with Crippen molar-refractivity contribution in [2.45, 2.75) is 38.8 Å². The number of pyridine rings is 1. The highest BCUT2D eigenvalue weighted by Crippen LogP contribution is 2.14. The van der Waals surface area contributed by atoms with Crippen LogP contribution in [0.5, 0.6) is 0 Å². The van der Waals surface area contributed by atoms with E-state index >= 15 is 0 Å². The molecule has 1 aromatic carbocycles. The fourth-order valence-electron chi connectivity index (χ4n) is 2.08. The van der Waals surface area contributed by atoms with Crippen LogP contribution in [0.2, 0.25) is 0 Å². The molecule has 3 heteroatoms. The van der Waals surface area contributed by atoms with Crippen molar-refractivity contribution in [1.29, 1.82) is 0 Å². The Morgan fingerprint density at radius 2 is 1.85 bits per heavy atom. The topological polar surface area (TPSA) is 24.9 Å². The number of aryl methyl sites for hydroxylation is 1. The first-order chi connectivity index (χ1) is 9.55. The Balaban J connectivity index is 1.84. The quantitative estimate of drug-likeness (QED) is 0.867. The van der Waals surface area contributed by atoms with Crippen LogP contribution < -0.4 is 5.32 Å². The van der Waals surface area contributed by atoms with Gasteiger partial charge in [0, 0.05) is 18.3 Å². The van der Waals surface area contributed by atoms with Crippen molar-refractivity contribution in [2.24, 2.45) is 0 Å². The first-order valence-corrected chi connectivity index (χ1v) is 6.93. The second-order valence-electron chi connectivity index (χ2n) is 5.73. The number of benzene rings is 1. The van der Waals surface area contributed by atoms with E-state index in [1.54, 1.807) is 6.20 Å². The molecule has 0 unspecified atom stereocenters. The molecule has 0 aliphatic heterocycles. The largest absolute Gasteiger partial charge is 0.308 e. The van der Waals surface area contributed by atoms with Crippen LogP contribution in [0.1, 0.15) is 31.4 Å². The molecule has 20 heavy (non-hydrogen) atoms. The summed E-state index contributed by atoms with van der Waals surface area (Å²) in [5, 5.41) is 3.47. The zero-order chi connectivity index (χ0) is 14.4. The van der Waals surface area contributed by atoms with Gasteiger partial charge in [-0.15, -0.1) is 0 Å². The second-order valence-corrected chi connectivity index (χ2v) is 5.73. The maximum absolute atomic E-state index is 13.1. The van der Waals surface area contributed by atoms with Crippen LogP contribution >= 0.6 is 0 Å². The van der Waals surface area contributed by atoms with Gasteiger partial charge < -0.3 is 5.32 Å². The fourth-order valence-corrected chi connectivity index (χ4v) is 2.08. The first-order valence-electron chi connectivity index (χ1n) is 6.93. The van der Waals surface area contributed by atoms with Gasteiger partial charge in [-0.3, -0.25) is 4.98 Å². The predicted octanol–water partition coefficient (Wildman–Crippen LogP) is 3.72. The normalized spacial score (nSPS) is 11.6. The highest BCUT2D eigenvalue weighted by atomic mass is 19.1. The molecule has 1 aromatic heterocycles. The highest BCUT2D eigenvalue weighted by molar-refractivity contribution is 5.15. The number of halogens is 1. The van der Waals surface area contributed by atoms with Crippen molar-refractivity contribution < 1.29 is 4.39 Å². The lowest BCUT2D eigenvalue weighted by Gasteiger charge is -2.26. The Morgan fingerprint density at radius 1 is 1.10 bits per heavy atom. The molecule has 0 saturated carbocycles. The molecule has 0 radical (unpaired) electrons. The lowest BCUT2D eigenvalue weighted by molar-refractivity contribution is 0.360. The molecular formula is C17H21FN2. The van der Waals surface area contributed by atoms with E-state index in [-0.39, 0.29) is 11.4 Å². The Hall–Kier alpha value is -1.74. The van der Waals surface area contributed by atoms with Gasteiger partial charge in [-0.25, -0.2) is 4.39 Å². The average Bonchev–Trinajstić information content (AvgIpc) is 2.45. The zero-order valence-corrected chi connectivity index (χ0v) is 12.1. The van der Waals surface area contributed by atoms with E-state index in [1.807, 2.05) is 6.07 Å². The summed E-state index contributed by atoms with van der Waals surface area (Å²) >= 11 is 0. The van der Waals surface area contributed by atoms with Gasteiger partial charge in [-0.05, 0) is 43.9 Å². The molecule has 0 bridgehead atoms.